The van der Waals surface area contributed by atoms with Crippen LogP contribution in [-0.4, -0.2) is 15.8 Å². The number of hydrogen-bond acceptors (Lipinski definition) is 2. The van der Waals surface area contributed by atoms with Crippen molar-refractivity contribution in [2.24, 2.45) is 0 Å². The summed E-state index contributed by atoms with van der Waals surface area (Å²) in [4.78, 5) is 0. The zero-order valence-corrected chi connectivity index (χ0v) is 9.33. The molecule has 1 aromatic rings. The minimum Gasteiger partial charge on any atom is -0.387 e. The van der Waals surface area contributed by atoms with Crippen molar-refractivity contribution in [3.05, 3.63) is 35.4 Å². The van der Waals surface area contributed by atoms with E-state index >= 15 is 0 Å². The third-order valence-electron chi connectivity index (χ3n) is 3.59. The van der Waals surface area contributed by atoms with E-state index in [0.29, 0.717) is 12.8 Å². The summed E-state index contributed by atoms with van der Waals surface area (Å²) in [5.41, 5.74) is -0.117. The van der Waals surface area contributed by atoms with Gasteiger partial charge in [-0.15, -0.1) is 0 Å². The van der Waals surface area contributed by atoms with Crippen LogP contribution >= 0.6 is 0 Å². The summed E-state index contributed by atoms with van der Waals surface area (Å²) in [5, 5.41) is 20.8. The summed E-state index contributed by atoms with van der Waals surface area (Å²) in [6.07, 6.45) is 2.18. The number of hydrogen-bond donors (Lipinski definition) is 2. The van der Waals surface area contributed by atoms with Crippen molar-refractivity contribution in [1.29, 1.82) is 0 Å². The first-order chi connectivity index (χ1) is 6.96. The monoisotopic (exact) mass is 206 g/mol. The lowest BCUT2D eigenvalue weighted by molar-refractivity contribution is -0.125. The van der Waals surface area contributed by atoms with Crippen LogP contribution in [0.1, 0.15) is 37.3 Å². The van der Waals surface area contributed by atoms with Gasteiger partial charge in [-0.3, -0.25) is 0 Å². The molecule has 82 valence electrons. The molecular weight excluding hydrogens is 188 g/mol. The molecule has 2 unspecified atom stereocenters. The highest BCUT2D eigenvalue weighted by molar-refractivity contribution is 5.31. The van der Waals surface area contributed by atoms with Crippen LogP contribution in [0.5, 0.6) is 0 Å². The third-order valence-corrected chi connectivity index (χ3v) is 3.59. The lowest BCUT2D eigenvalue weighted by Gasteiger charge is -2.35. The Morgan fingerprint density at radius 1 is 1.20 bits per heavy atom. The van der Waals surface area contributed by atoms with E-state index in [9.17, 15) is 10.2 Å². The first kappa shape index (κ1) is 10.7. The average molecular weight is 206 g/mol. The topological polar surface area (TPSA) is 40.5 Å². The zero-order chi connectivity index (χ0) is 11.1. The molecule has 0 spiro atoms. The van der Waals surface area contributed by atoms with E-state index in [1.807, 2.05) is 31.2 Å². The molecular formula is C13H18O2. The molecule has 1 aliphatic carbocycles. The Morgan fingerprint density at radius 3 is 2.47 bits per heavy atom. The fourth-order valence-electron chi connectivity index (χ4n) is 2.52. The standard InChI is InChI=1S/C13H18O2/c1-10-5-3-6-11(9-10)13(15)8-4-7-12(13,2)14/h3,5-6,9,14-15H,4,7-8H2,1-2H3. The second kappa shape index (κ2) is 3.32. The second-order valence-corrected chi connectivity index (χ2v) is 4.86. The summed E-state index contributed by atoms with van der Waals surface area (Å²) in [6.45, 7) is 3.72. The average Bonchev–Trinajstić information content (AvgIpc) is 2.43. The van der Waals surface area contributed by atoms with Crippen molar-refractivity contribution in [2.75, 3.05) is 0 Å². The minimum atomic E-state index is -1.07. The molecule has 1 aliphatic rings. The van der Waals surface area contributed by atoms with Gasteiger partial charge in [0.25, 0.3) is 0 Å². The molecule has 0 amide bonds. The van der Waals surface area contributed by atoms with Gasteiger partial charge in [0.2, 0.25) is 0 Å². The smallest absolute Gasteiger partial charge is 0.118 e. The zero-order valence-electron chi connectivity index (χ0n) is 9.33. The summed E-state index contributed by atoms with van der Waals surface area (Å²) < 4.78 is 0. The van der Waals surface area contributed by atoms with E-state index < -0.39 is 11.2 Å². The molecule has 0 saturated heterocycles. The summed E-state index contributed by atoms with van der Waals surface area (Å²) >= 11 is 0. The normalized spacial score (nSPS) is 35.7. The van der Waals surface area contributed by atoms with Crippen LogP contribution in [0.25, 0.3) is 0 Å². The van der Waals surface area contributed by atoms with Gasteiger partial charge in [0, 0.05) is 0 Å². The molecule has 1 aromatic carbocycles. The van der Waals surface area contributed by atoms with Gasteiger partial charge in [-0.05, 0) is 38.7 Å². The van der Waals surface area contributed by atoms with Crippen molar-refractivity contribution in [2.45, 2.75) is 44.3 Å². The molecule has 1 fully saturated rings. The SMILES string of the molecule is Cc1cccc(C2(O)CCCC2(C)O)c1. The van der Waals surface area contributed by atoms with Crippen LogP contribution in [0.2, 0.25) is 0 Å². The van der Waals surface area contributed by atoms with Crippen molar-refractivity contribution >= 4 is 0 Å². The highest BCUT2D eigenvalue weighted by Gasteiger charge is 2.50. The molecule has 15 heavy (non-hydrogen) atoms. The first-order valence-electron chi connectivity index (χ1n) is 5.48. The van der Waals surface area contributed by atoms with Crippen LogP contribution in [0, 0.1) is 6.92 Å². The maximum Gasteiger partial charge on any atom is 0.118 e. The van der Waals surface area contributed by atoms with Crippen LogP contribution in [0.3, 0.4) is 0 Å². The third kappa shape index (κ3) is 1.58. The predicted octanol–water partition coefficient (Wildman–Crippen LogP) is 2.12. The molecule has 1 saturated carbocycles. The van der Waals surface area contributed by atoms with E-state index in [4.69, 9.17) is 0 Å². The molecule has 2 nitrogen and oxygen atoms in total. The molecule has 0 heterocycles. The van der Waals surface area contributed by atoms with E-state index in [2.05, 4.69) is 0 Å². The Balaban J connectivity index is 2.45. The number of rotatable bonds is 1. The van der Waals surface area contributed by atoms with E-state index in [-0.39, 0.29) is 0 Å². The van der Waals surface area contributed by atoms with Gasteiger partial charge in [-0.1, -0.05) is 29.8 Å². The van der Waals surface area contributed by atoms with Crippen LogP contribution in [0.15, 0.2) is 24.3 Å². The lowest BCUT2D eigenvalue weighted by atomic mass is 9.81. The predicted molar refractivity (Wildman–Crippen MR) is 59.6 cm³/mol. The molecule has 2 atom stereocenters. The van der Waals surface area contributed by atoms with Gasteiger partial charge >= 0.3 is 0 Å². The van der Waals surface area contributed by atoms with Gasteiger partial charge in [0.15, 0.2) is 0 Å². The van der Waals surface area contributed by atoms with Gasteiger partial charge < -0.3 is 10.2 Å². The molecule has 2 heteroatoms. The second-order valence-electron chi connectivity index (χ2n) is 4.86. The Hall–Kier alpha value is -0.860. The van der Waals surface area contributed by atoms with E-state index in [1.54, 1.807) is 6.92 Å². The maximum atomic E-state index is 10.6. The fourth-order valence-corrected chi connectivity index (χ4v) is 2.52. The summed E-state index contributed by atoms with van der Waals surface area (Å²) in [7, 11) is 0. The lowest BCUT2D eigenvalue weighted by Crippen LogP contribution is -2.44. The van der Waals surface area contributed by atoms with Gasteiger partial charge in [-0.2, -0.15) is 0 Å². The van der Waals surface area contributed by atoms with Crippen molar-refractivity contribution < 1.29 is 10.2 Å². The van der Waals surface area contributed by atoms with Gasteiger partial charge in [-0.25, -0.2) is 0 Å². The largest absolute Gasteiger partial charge is 0.387 e. The highest BCUT2D eigenvalue weighted by Crippen LogP contribution is 2.46. The highest BCUT2D eigenvalue weighted by atomic mass is 16.4. The summed E-state index contributed by atoms with van der Waals surface area (Å²) in [6, 6.07) is 7.78. The van der Waals surface area contributed by atoms with Crippen LogP contribution in [0.4, 0.5) is 0 Å². The molecule has 0 bridgehead atoms. The van der Waals surface area contributed by atoms with Gasteiger partial charge in [0.1, 0.15) is 5.60 Å². The Bertz CT molecular complexity index is 371. The molecule has 0 aliphatic heterocycles. The number of benzene rings is 1. The van der Waals surface area contributed by atoms with E-state index in [1.165, 1.54) is 0 Å². The molecule has 2 rings (SSSR count). The van der Waals surface area contributed by atoms with Gasteiger partial charge in [0.05, 0.1) is 5.60 Å². The number of aryl methyl sites for hydroxylation is 1. The van der Waals surface area contributed by atoms with Crippen LogP contribution < -0.4 is 0 Å². The Morgan fingerprint density at radius 2 is 1.93 bits per heavy atom. The maximum absolute atomic E-state index is 10.6. The Kier molecular flexibility index (Phi) is 2.36. The van der Waals surface area contributed by atoms with Crippen molar-refractivity contribution in [1.82, 2.24) is 0 Å². The van der Waals surface area contributed by atoms with E-state index in [0.717, 1.165) is 17.5 Å². The van der Waals surface area contributed by atoms with Crippen molar-refractivity contribution in [3.8, 4) is 0 Å². The molecule has 2 N–H and O–H groups in total. The minimum absolute atomic E-state index is 0.642. The van der Waals surface area contributed by atoms with Crippen molar-refractivity contribution in [3.63, 3.8) is 0 Å². The quantitative estimate of drug-likeness (QED) is 0.739. The summed E-state index contributed by atoms with van der Waals surface area (Å²) in [5.74, 6) is 0. The van der Waals surface area contributed by atoms with Crippen LogP contribution in [-0.2, 0) is 5.60 Å². The molecule has 0 aromatic heterocycles. The fraction of sp³-hybridized carbons (Fsp3) is 0.538. The Labute approximate surface area is 90.6 Å². The first-order valence-corrected chi connectivity index (χ1v) is 5.48. The molecule has 0 radical (unpaired) electrons. The number of aliphatic hydroxyl groups is 2.